The lowest BCUT2D eigenvalue weighted by Gasteiger charge is -2.06. The highest BCUT2D eigenvalue weighted by atomic mass is 32.2. The number of halogens is 1. The number of amides is 1. The fraction of sp³-hybridized carbons (Fsp3) is 0.222. The van der Waals surface area contributed by atoms with Gasteiger partial charge < -0.3 is 4.57 Å². The lowest BCUT2D eigenvalue weighted by atomic mass is 10.2. The number of thioether (sulfide) groups is 1. The second kappa shape index (κ2) is 8.43. The Kier molecular flexibility index (Phi) is 5.69. The van der Waals surface area contributed by atoms with Crippen molar-refractivity contribution < 1.29 is 9.18 Å². The van der Waals surface area contributed by atoms with Gasteiger partial charge >= 0.3 is 5.69 Å². The predicted molar refractivity (Wildman–Crippen MR) is 115 cm³/mol. The van der Waals surface area contributed by atoms with Gasteiger partial charge in [-0.1, -0.05) is 35.2 Å². The number of fused-ring (bicyclic) bond motifs is 1. The maximum atomic E-state index is 13.0. The van der Waals surface area contributed by atoms with Gasteiger partial charge in [-0.15, -0.1) is 10.2 Å². The third kappa shape index (κ3) is 4.27. The van der Waals surface area contributed by atoms with Crippen LogP contribution in [0.2, 0.25) is 0 Å². The summed E-state index contributed by atoms with van der Waals surface area (Å²) in [7, 11) is 2.88. The zero-order valence-corrected chi connectivity index (χ0v) is 18.0. The Morgan fingerprint density at radius 3 is 2.65 bits per heavy atom. The standard InChI is InChI=1S/C18H16FN7O3S2/c1-24-14-13(15(28)25(2)18(24)29)26(9-20-14)7-12(27)21-16-22-23-17(31-16)30-8-10-3-5-11(19)6-4-10/h3-6,9H,7-8H2,1-2H3,(H,21,22,27). The van der Waals surface area contributed by atoms with E-state index in [1.54, 1.807) is 12.1 Å². The summed E-state index contributed by atoms with van der Waals surface area (Å²) in [5, 5.41) is 10.9. The smallest absolute Gasteiger partial charge is 0.315 e. The second-order valence-corrected chi connectivity index (χ2v) is 8.79. The van der Waals surface area contributed by atoms with Gasteiger partial charge in [-0.05, 0) is 17.7 Å². The van der Waals surface area contributed by atoms with Crippen LogP contribution in [-0.2, 0) is 31.2 Å². The quantitative estimate of drug-likeness (QED) is 0.340. The molecule has 4 rings (SSSR count). The number of benzene rings is 1. The van der Waals surface area contributed by atoms with Crippen LogP contribution in [0.25, 0.3) is 11.2 Å². The number of carbonyl (C=O) groups excluding carboxylic acids is 1. The molecule has 160 valence electrons. The lowest BCUT2D eigenvalue weighted by Crippen LogP contribution is -2.37. The van der Waals surface area contributed by atoms with Crippen LogP contribution < -0.4 is 16.6 Å². The van der Waals surface area contributed by atoms with Crippen molar-refractivity contribution in [3.63, 3.8) is 0 Å². The monoisotopic (exact) mass is 461 g/mol. The van der Waals surface area contributed by atoms with Crippen LogP contribution in [0.1, 0.15) is 5.56 Å². The Morgan fingerprint density at radius 2 is 1.90 bits per heavy atom. The number of anilines is 1. The highest BCUT2D eigenvalue weighted by molar-refractivity contribution is 8.00. The summed E-state index contributed by atoms with van der Waals surface area (Å²) < 4.78 is 17.2. The average Bonchev–Trinajstić information content (AvgIpc) is 3.37. The van der Waals surface area contributed by atoms with Gasteiger partial charge in [-0.3, -0.25) is 24.0 Å². The Labute approximate surface area is 182 Å². The summed E-state index contributed by atoms with van der Waals surface area (Å²) in [6, 6.07) is 6.18. The van der Waals surface area contributed by atoms with E-state index < -0.39 is 17.2 Å². The van der Waals surface area contributed by atoms with Gasteiger partial charge in [0.1, 0.15) is 12.4 Å². The van der Waals surface area contributed by atoms with Crippen LogP contribution in [-0.4, -0.2) is 34.8 Å². The molecule has 0 saturated heterocycles. The van der Waals surface area contributed by atoms with Crippen LogP contribution in [0.15, 0.2) is 44.5 Å². The van der Waals surface area contributed by atoms with E-state index in [-0.39, 0.29) is 23.5 Å². The van der Waals surface area contributed by atoms with E-state index in [0.29, 0.717) is 15.2 Å². The molecule has 13 heteroatoms. The molecule has 3 heterocycles. The Bertz CT molecular complexity index is 1390. The molecule has 0 saturated carbocycles. The van der Waals surface area contributed by atoms with Crippen molar-refractivity contribution in [3.05, 3.63) is 62.8 Å². The van der Waals surface area contributed by atoms with E-state index in [2.05, 4.69) is 20.5 Å². The summed E-state index contributed by atoms with van der Waals surface area (Å²) in [6.07, 6.45) is 1.34. The van der Waals surface area contributed by atoms with Gasteiger partial charge in [-0.25, -0.2) is 14.2 Å². The van der Waals surface area contributed by atoms with Crippen molar-refractivity contribution in [3.8, 4) is 0 Å². The molecule has 1 amide bonds. The zero-order valence-electron chi connectivity index (χ0n) is 16.4. The van der Waals surface area contributed by atoms with Gasteiger partial charge in [0.15, 0.2) is 15.5 Å². The van der Waals surface area contributed by atoms with Crippen molar-refractivity contribution in [2.45, 2.75) is 16.6 Å². The minimum atomic E-state index is -0.529. The number of hydrogen-bond donors (Lipinski definition) is 1. The van der Waals surface area contributed by atoms with E-state index in [4.69, 9.17) is 0 Å². The highest BCUT2D eigenvalue weighted by Crippen LogP contribution is 2.28. The molecular weight excluding hydrogens is 445 g/mol. The maximum absolute atomic E-state index is 13.0. The molecule has 0 aliphatic carbocycles. The summed E-state index contributed by atoms with van der Waals surface area (Å²) in [4.78, 5) is 41.0. The molecule has 0 bridgehead atoms. The largest absolute Gasteiger partial charge is 0.332 e. The van der Waals surface area contributed by atoms with Crippen LogP contribution >= 0.6 is 23.1 Å². The fourth-order valence-electron chi connectivity index (χ4n) is 2.87. The molecular formula is C18H16FN7O3S2. The SMILES string of the molecule is Cn1c(=O)c2c(ncn2CC(=O)Nc2nnc(SCc3ccc(F)cc3)s2)n(C)c1=O. The molecule has 0 aliphatic heterocycles. The Morgan fingerprint density at radius 1 is 1.16 bits per heavy atom. The van der Waals surface area contributed by atoms with E-state index in [1.165, 1.54) is 64.8 Å². The maximum Gasteiger partial charge on any atom is 0.332 e. The van der Waals surface area contributed by atoms with E-state index in [1.807, 2.05) is 0 Å². The molecule has 0 aliphatic rings. The number of nitrogens with one attached hydrogen (secondary N) is 1. The number of aryl methyl sites for hydroxylation is 1. The van der Waals surface area contributed by atoms with E-state index >= 15 is 0 Å². The lowest BCUT2D eigenvalue weighted by molar-refractivity contribution is -0.116. The van der Waals surface area contributed by atoms with Gasteiger partial charge in [-0.2, -0.15) is 0 Å². The van der Waals surface area contributed by atoms with E-state index in [0.717, 1.165) is 10.1 Å². The number of imidazole rings is 1. The van der Waals surface area contributed by atoms with Crippen molar-refractivity contribution in [1.82, 2.24) is 28.9 Å². The predicted octanol–water partition coefficient (Wildman–Crippen LogP) is 1.36. The van der Waals surface area contributed by atoms with Crippen molar-refractivity contribution in [2.75, 3.05) is 5.32 Å². The molecule has 0 fully saturated rings. The first-order valence-electron chi connectivity index (χ1n) is 8.95. The minimum absolute atomic E-state index is 0.160. The summed E-state index contributed by atoms with van der Waals surface area (Å²) in [5.74, 6) is -0.117. The molecule has 1 aromatic carbocycles. The van der Waals surface area contributed by atoms with Crippen LogP contribution in [0.4, 0.5) is 9.52 Å². The number of hydrogen-bond acceptors (Lipinski definition) is 8. The Hall–Kier alpha value is -3.32. The van der Waals surface area contributed by atoms with Gasteiger partial charge in [0.2, 0.25) is 11.0 Å². The average molecular weight is 462 g/mol. The molecule has 0 spiro atoms. The topological polar surface area (TPSA) is 117 Å². The molecule has 0 atom stereocenters. The first kappa shape index (κ1) is 20.9. The highest BCUT2D eigenvalue weighted by Gasteiger charge is 2.17. The molecule has 0 unspecified atom stereocenters. The third-order valence-corrected chi connectivity index (χ3v) is 6.50. The first-order valence-corrected chi connectivity index (χ1v) is 10.7. The van der Waals surface area contributed by atoms with Crippen molar-refractivity contribution in [1.29, 1.82) is 0 Å². The second-order valence-electron chi connectivity index (χ2n) is 6.59. The summed E-state index contributed by atoms with van der Waals surface area (Å²) in [6.45, 7) is -0.179. The minimum Gasteiger partial charge on any atom is -0.315 e. The molecule has 3 aromatic heterocycles. The molecule has 1 N–H and O–H groups in total. The molecule has 0 radical (unpaired) electrons. The zero-order chi connectivity index (χ0) is 22.1. The number of rotatable bonds is 6. The van der Waals surface area contributed by atoms with Gasteiger partial charge in [0, 0.05) is 19.8 Å². The first-order chi connectivity index (χ1) is 14.8. The van der Waals surface area contributed by atoms with E-state index in [9.17, 15) is 18.8 Å². The molecule has 10 nitrogen and oxygen atoms in total. The summed E-state index contributed by atoms with van der Waals surface area (Å²) in [5.41, 5.74) is 0.282. The van der Waals surface area contributed by atoms with Crippen molar-refractivity contribution >= 4 is 45.3 Å². The van der Waals surface area contributed by atoms with Gasteiger partial charge in [0.05, 0.1) is 6.33 Å². The number of aromatic nitrogens is 6. The number of carbonyl (C=O) groups is 1. The van der Waals surface area contributed by atoms with Gasteiger partial charge in [0.25, 0.3) is 5.56 Å². The van der Waals surface area contributed by atoms with Crippen LogP contribution in [0.5, 0.6) is 0 Å². The number of nitrogens with zero attached hydrogens (tertiary/aromatic N) is 6. The Balaban J connectivity index is 1.43. The normalized spacial score (nSPS) is 11.2. The van der Waals surface area contributed by atoms with Crippen LogP contribution in [0.3, 0.4) is 0 Å². The van der Waals surface area contributed by atoms with Crippen LogP contribution in [0, 0.1) is 5.82 Å². The van der Waals surface area contributed by atoms with Crippen molar-refractivity contribution in [2.24, 2.45) is 14.1 Å². The molecule has 31 heavy (non-hydrogen) atoms. The third-order valence-electron chi connectivity index (χ3n) is 4.46. The molecule has 4 aromatic rings. The summed E-state index contributed by atoms with van der Waals surface area (Å²) >= 11 is 2.63. The fourth-order valence-corrected chi connectivity index (χ4v) is 4.60.